The zero-order valence-corrected chi connectivity index (χ0v) is 8.91. The van der Waals surface area contributed by atoms with Crippen molar-refractivity contribution < 1.29 is 0 Å². The van der Waals surface area contributed by atoms with Crippen molar-refractivity contribution in [2.75, 3.05) is 0 Å². The molecule has 0 nitrogen and oxygen atoms in total. The van der Waals surface area contributed by atoms with E-state index in [2.05, 4.69) is 37.3 Å². The highest BCUT2D eigenvalue weighted by Gasteiger charge is 2.15. The predicted octanol–water partition coefficient (Wildman–Crippen LogP) is 4.19. The Morgan fingerprint density at radius 1 is 1.14 bits per heavy atom. The summed E-state index contributed by atoms with van der Waals surface area (Å²) in [5, 5.41) is 0.817. The molecule has 1 aromatic carbocycles. The second-order valence-corrected chi connectivity index (χ2v) is 4.15. The molecule has 0 bridgehead atoms. The van der Waals surface area contributed by atoms with E-state index in [9.17, 15) is 0 Å². The Morgan fingerprint density at radius 2 is 1.93 bits per heavy atom. The summed E-state index contributed by atoms with van der Waals surface area (Å²) in [5.41, 5.74) is 1.30. The van der Waals surface area contributed by atoms with Gasteiger partial charge in [-0.25, -0.2) is 0 Å². The normalized spacial score (nSPS) is 25.3. The van der Waals surface area contributed by atoms with Crippen LogP contribution in [0.4, 0.5) is 0 Å². The van der Waals surface area contributed by atoms with E-state index in [0.29, 0.717) is 11.8 Å². The maximum absolute atomic E-state index is 5.97. The minimum atomic E-state index is 0.471. The van der Waals surface area contributed by atoms with Crippen LogP contribution < -0.4 is 0 Å². The minimum Gasteiger partial charge on any atom is -0.0843 e. The lowest BCUT2D eigenvalue weighted by atomic mass is 9.84. The van der Waals surface area contributed by atoms with Crippen molar-refractivity contribution >= 4 is 11.6 Å². The monoisotopic (exact) mass is 204 g/mol. The van der Waals surface area contributed by atoms with Crippen LogP contribution in [0.25, 0.3) is 0 Å². The third-order valence-electron chi connectivity index (χ3n) is 2.64. The molecular formula is C13H13Cl. The van der Waals surface area contributed by atoms with Gasteiger partial charge in [-0.15, -0.1) is 0 Å². The van der Waals surface area contributed by atoms with Gasteiger partial charge in [0.05, 0.1) is 0 Å². The lowest BCUT2D eigenvalue weighted by Gasteiger charge is -2.20. The van der Waals surface area contributed by atoms with Gasteiger partial charge in [-0.3, -0.25) is 0 Å². The summed E-state index contributed by atoms with van der Waals surface area (Å²) in [6.45, 7) is 2.23. The quantitative estimate of drug-likeness (QED) is 0.644. The minimum absolute atomic E-state index is 0.471. The first-order chi connectivity index (χ1) is 6.77. The molecule has 0 saturated carbocycles. The molecule has 1 aliphatic rings. The first kappa shape index (κ1) is 9.54. The summed E-state index contributed by atoms with van der Waals surface area (Å²) >= 11 is 5.97. The van der Waals surface area contributed by atoms with Crippen molar-refractivity contribution in [3.63, 3.8) is 0 Å². The van der Waals surface area contributed by atoms with Gasteiger partial charge in [-0.2, -0.15) is 0 Å². The van der Waals surface area contributed by atoms with Crippen molar-refractivity contribution in [2.24, 2.45) is 5.92 Å². The van der Waals surface area contributed by atoms with E-state index in [1.54, 1.807) is 0 Å². The Morgan fingerprint density at radius 3 is 2.64 bits per heavy atom. The van der Waals surface area contributed by atoms with Crippen molar-refractivity contribution in [3.8, 4) is 0 Å². The van der Waals surface area contributed by atoms with Crippen molar-refractivity contribution in [2.45, 2.75) is 12.8 Å². The van der Waals surface area contributed by atoms with Crippen LogP contribution >= 0.6 is 11.6 Å². The van der Waals surface area contributed by atoms with E-state index < -0.39 is 0 Å². The van der Waals surface area contributed by atoms with Crippen LogP contribution in [0.5, 0.6) is 0 Å². The predicted molar refractivity (Wildman–Crippen MR) is 61.6 cm³/mol. The number of benzene rings is 1. The number of hydrogen-bond acceptors (Lipinski definition) is 0. The van der Waals surface area contributed by atoms with Gasteiger partial charge >= 0.3 is 0 Å². The van der Waals surface area contributed by atoms with Crippen LogP contribution in [0, 0.1) is 5.92 Å². The molecule has 0 saturated heterocycles. The zero-order chi connectivity index (χ0) is 9.97. The third kappa shape index (κ3) is 1.91. The molecule has 2 rings (SSSR count). The zero-order valence-electron chi connectivity index (χ0n) is 8.15. The van der Waals surface area contributed by atoms with E-state index in [1.807, 2.05) is 18.2 Å². The number of rotatable bonds is 1. The fourth-order valence-electron chi connectivity index (χ4n) is 1.85. The Balaban J connectivity index is 2.31. The summed E-state index contributed by atoms with van der Waals surface area (Å²) in [5.74, 6) is 1.03. The molecule has 14 heavy (non-hydrogen) atoms. The smallest absolute Gasteiger partial charge is 0.0408 e. The second-order valence-electron chi connectivity index (χ2n) is 3.71. The maximum atomic E-state index is 5.97. The molecule has 1 aliphatic carbocycles. The van der Waals surface area contributed by atoms with Gasteiger partial charge in [-0.05, 0) is 23.6 Å². The van der Waals surface area contributed by atoms with Gasteiger partial charge in [0.25, 0.3) is 0 Å². The maximum Gasteiger partial charge on any atom is 0.0408 e. The molecule has 0 fully saturated rings. The molecule has 0 aromatic heterocycles. The van der Waals surface area contributed by atoms with E-state index in [4.69, 9.17) is 11.6 Å². The lowest BCUT2D eigenvalue weighted by molar-refractivity contribution is 0.635. The number of hydrogen-bond donors (Lipinski definition) is 0. The Bertz CT molecular complexity index is 377. The van der Waals surface area contributed by atoms with Crippen LogP contribution in [0.3, 0.4) is 0 Å². The van der Waals surface area contributed by atoms with Gasteiger partial charge in [0, 0.05) is 10.9 Å². The van der Waals surface area contributed by atoms with E-state index >= 15 is 0 Å². The van der Waals surface area contributed by atoms with Crippen LogP contribution in [0.15, 0.2) is 48.6 Å². The number of allylic oxidation sites excluding steroid dienone is 4. The molecule has 0 heterocycles. The van der Waals surface area contributed by atoms with Crippen LogP contribution in [0.1, 0.15) is 18.4 Å². The molecular weight excluding hydrogens is 192 g/mol. The fourth-order valence-corrected chi connectivity index (χ4v) is 2.05. The molecule has 0 N–H and O–H groups in total. The highest BCUT2D eigenvalue weighted by molar-refractivity contribution is 6.30. The molecule has 72 valence electrons. The van der Waals surface area contributed by atoms with Gasteiger partial charge < -0.3 is 0 Å². The Labute approximate surface area is 89.9 Å². The highest BCUT2D eigenvalue weighted by atomic mass is 35.5. The standard InChI is InChI=1S/C13H13Cl/c1-10-5-2-3-8-13(10)11-6-4-7-12(14)9-11/h2-10,13H,1H3. The van der Waals surface area contributed by atoms with Crippen molar-refractivity contribution in [3.05, 3.63) is 59.2 Å². The highest BCUT2D eigenvalue weighted by Crippen LogP contribution is 2.30. The van der Waals surface area contributed by atoms with E-state index in [0.717, 1.165) is 5.02 Å². The van der Waals surface area contributed by atoms with Gasteiger partial charge in [0.2, 0.25) is 0 Å². The first-order valence-electron chi connectivity index (χ1n) is 4.88. The van der Waals surface area contributed by atoms with Gasteiger partial charge in [0.1, 0.15) is 0 Å². The summed E-state index contributed by atoms with van der Waals surface area (Å²) in [6, 6.07) is 8.11. The van der Waals surface area contributed by atoms with Crippen LogP contribution in [-0.2, 0) is 0 Å². The Kier molecular flexibility index (Phi) is 2.74. The average molecular weight is 205 g/mol. The number of halogens is 1. The fraction of sp³-hybridized carbons (Fsp3) is 0.231. The third-order valence-corrected chi connectivity index (χ3v) is 2.88. The molecule has 2 atom stereocenters. The van der Waals surface area contributed by atoms with Crippen molar-refractivity contribution in [1.29, 1.82) is 0 Å². The summed E-state index contributed by atoms with van der Waals surface area (Å²) in [7, 11) is 0. The molecule has 0 aliphatic heterocycles. The summed E-state index contributed by atoms with van der Waals surface area (Å²) in [4.78, 5) is 0. The molecule has 1 heteroatoms. The van der Waals surface area contributed by atoms with Crippen LogP contribution in [-0.4, -0.2) is 0 Å². The molecule has 0 radical (unpaired) electrons. The van der Waals surface area contributed by atoms with Crippen LogP contribution in [0.2, 0.25) is 5.02 Å². The SMILES string of the molecule is CC1C=CC=CC1c1cccc(Cl)c1. The van der Waals surface area contributed by atoms with Crippen molar-refractivity contribution in [1.82, 2.24) is 0 Å². The lowest BCUT2D eigenvalue weighted by Crippen LogP contribution is -2.06. The average Bonchev–Trinajstić information content (AvgIpc) is 2.18. The molecule has 1 aromatic rings. The summed E-state index contributed by atoms with van der Waals surface area (Å²) in [6.07, 6.45) is 8.67. The first-order valence-corrected chi connectivity index (χ1v) is 5.25. The van der Waals surface area contributed by atoms with E-state index in [1.165, 1.54) is 5.56 Å². The molecule has 0 spiro atoms. The second kappa shape index (κ2) is 4.02. The Hall–Kier alpha value is -1.01. The molecule has 0 amide bonds. The van der Waals surface area contributed by atoms with E-state index in [-0.39, 0.29) is 0 Å². The van der Waals surface area contributed by atoms with Gasteiger partial charge in [-0.1, -0.05) is 55.0 Å². The molecule has 2 unspecified atom stereocenters. The topological polar surface area (TPSA) is 0 Å². The van der Waals surface area contributed by atoms with Gasteiger partial charge in [0.15, 0.2) is 0 Å². The largest absolute Gasteiger partial charge is 0.0843 e. The summed E-state index contributed by atoms with van der Waals surface area (Å²) < 4.78 is 0.